The van der Waals surface area contributed by atoms with Crippen LogP contribution in [0.3, 0.4) is 0 Å². The molecule has 0 aliphatic rings. The fourth-order valence-corrected chi connectivity index (χ4v) is 1.68. The molecule has 13 heavy (non-hydrogen) atoms. The lowest BCUT2D eigenvalue weighted by atomic mass is 10.1. The maximum atomic E-state index is 10.5. The fraction of sp³-hybridized carbons (Fsp3) is 0.857. The van der Waals surface area contributed by atoms with Gasteiger partial charge in [0.15, 0.2) is 0 Å². The summed E-state index contributed by atoms with van der Waals surface area (Å²) in [6.45, 7) is 5.53. The van der Waals surface area contributed by atoms with Gasteiger partial charge in [0.1, 0.15) is 5.75 Å². The summed E-state index contributed by atoms with van der Waals surface area (Å²) < 4.78 is 29.6. The molecule has 0 aliphatic heterocycles. The van der Waals surface area contributed by atoms with E-state index in [0.29, 0.717) is 6.54 Å². The van der Waals surface area contributed by atoms with Crippen molar-refractivity contribution in [2.45, 2.75) is 26.3 Å². The molecule has 5 nitrogen and oxygen atoms in total. The first-order valence-electron chi connectivity index (χ1n) is 3.85. The van der Waals surface area contributed by atoms with E-state index in [1.165, 1.54) is 0 Å². The zero-order valence-electron chi connectivity index (χ0n) is 7.98. The summed E-state index contributed by atoms with van der Waals surface area (Å²) in [7, 11) is -3.99. The minimum absolute atomic E-state index is 0.424. The molecule has 0 spiro atoms. The minimum atomic E-state index is -3.99. The van der Waals surface area contributed by atoms with Gasteiger partial charge in [0.2, 0.25) is 0 Å². The largest absolute Gasteiger partial charge is 0.285 e. The van der Waals surface area contributed by atoms with Gasteiger partial charge in [0, 0.05) is 6.54 Å². The smallest absolute Gasteiger partial charge is 0.267 e. The second-order valence-corrected chi connectivity index (χ2v) is 4.68. The van der Waals surface area contributed by atoms with Gasteiger partial charge in [-0.05, 0) is 20.8 Å². The van der Waals surface area contributed by atoms with Crippen LogP contribution in [0.1, 0.15) is 20.8 Å². The van der Waals surface area contributed by atoms with Crippen LogP contribution in [0, 0.1) is 0 Å². The Labute approximate surface area is 78.3 Å². The Morgan fingerprint density at radius 3 is 2.38 bits per heavy atom. The van der Waals surface area contributed by atoms with Crippen LogP contribution in [0.4, 0.5) is 0 Å². The molecule has 0 atom stereocenters. The normalized spacial score (nSPS) is 12.0. The van der Waals surface area contributed by atoms with E-state index in [1.807, 2.05) is 6.92 Å². The summed E-state index contributed by atoms with van der Waals surface area (Å²) in [5.41, 5.74) is -0.883. The second kappa shape index (κ2) is 4.50. The molecule has 6 heteroatoms. The molecular weight excluding hydrogens is 192 g/mol. The maximum absolute atomic E-state index is 10.5. The number of hydrogen-bond acceptors (Lipinski definition) is 4. The van der Waals surface area contributed by atoms with Gasteiger partial charge in [0.05, 0.1) is 11.5 Å². The van der Waals surface area contributed by atoms with Crippen molar-refractivity contribution >= 4 is 16.1 Å². The lowest BCUT2D eigenvalue weighted by Gasteiger charge is -2.14. The Balaban J connectivity index is 4.51. The van der Waals surface area contributed by atoms with Crippen LogP contribution in [0.25, 0.3) is 0 Å². The number of nitrogens with zero attached hydrogens (tertiary/aromatic N) is 2. The Morgan fingerprint density at radius 1 is 1.46 bits per heavy atom. The third kappa shape index (κ3) is 7.64. The van der Waals surface area contributed by atoms with Gasteiger partial charge < -0.3 is 0 Å². The Kier molecular flexibility index (Phi) is 4.26. The third-order valence-electron chi connectivity index (χ3n) is 1.12. The molecule has 76 valence electrons. The Morgan fingerprint density at radius 2 is 2.00 bits per heavy atom. The van der Waals surface area contributed by atoms with Crippen LogP contribution >= 0.6 is 0 Å². The molecule has 0 fully saturated rings. The summed E-state index contributed by atoms with van der Waals surface area (Å²) in [6, 6.07) is 2.37. The maximum Gasteiger partial charge on any atom is 0.267 e. The first-order chi connectivity index (χ1) is 5.77. The van der Waals surface area contributed by atoms with Gasteiger partial charge >= 0.3 is 0 Å². The lowest BCUT2D eigenvalue weighted by molar-refractivity contribution is 0.461. The van der Waals surface area contributed by atoms with Crippen molar-refractivity contribution in [1.29, 1.82) is 0 Å². The minimum Gasteiger partial charge on any atom is -0.285 e. The van der Waals surface area contributed by atoms with Crippen molar-refractivity contribution < 1.29 is 13.0 Å². The molecule has 0 aromatic rings. The molecule has 0 amide bonds. The van der Waals surface area contributed by atoms with E-state index in [0.717, 1.165) is 0 Å². The quantitative estimate of drug-likeness (QED) is 0.547. The van der Waals surface area contributed by atoms with Crippen LogP contribution in [0.15, 0.2) is 9.98 Å². The highest BCUT2D eigenvalue weighted by atomic mass is 32.2. The second-order valence-electron chi connectivity index (χ2n) is 3.22. The highest BCUT2D eigenvalue weighted by Crippen LogP contribution is 2.10. The highest BCUT2D eigenvalue weighted by Gasteiger charge is 2.23. The van der Waals surface area contributed by atoms with E-state index in [-0.39, 0.29) is 0 Å². The lowest BCUT2D eigenvalue weighted by Crippen LogP contribution is -2.27. The van der Waals surface area contributed by atoms with Crippen molar-refractivity contribution in [3.8, 4) is 0 Å². The van der Waals surface area contributed by atoms with E-state index < -0.39 is 21.4 Å². The van der Waals surface area contributed by atoms with Crippen LogP contribution in [-0.2, 0) is 10.1 Å². The average Bonchev–Trinajstić information content (AvgIpc) is 1.81. The topological polar surface area (TPSA) is 79.1 Å². The summed E-state index contributed by atoms with van der Waals surface area (Å²) in [5, 5.41) is 0. The predicted octanol–water partition coefficient (Wildman–Crippen LogP) is 0.847. The Hall–Kier alpha value is -0.710. The van der Waals surface area contributed by atoms with Crippen LogP contribution in [-0.4, -0.2) is 36.8 Å². The number of aliphatic imine (C=N–C) groups is 2. The molecular formula is C7H14N2O3S. The molecule has 0 aromatic heterocycles. The van der Waals surface area contributed by atoms with Gasteiger partial charge in [0.25, 0.3) is 10.1 Å². The summed E-state index contributed by atoms with van der Waals surface area (Å²) in [6.07, 6.45) is 0. The van der Waals surface area contributed by atoms with Gasteiger partial charge in [-0.15, -0.1) is 0 Å². The van der Waals surface area contributed by atoms with Crippen molar-refractivity contribution in [3.63, 3.8) is 0 Å². The van der Waals surface area contributed by atoms with E-state index >= 15 is 0 Å². The standard InChI is InChI=1S/C7H14N2O3S/c1-4-8-6-9-7(2,3)5-13(10,11)12/h4-5H2,1-3H3,(H,10,11,12). The molecule has 1 N–H and O–H groups in total. The molecule has 0 rings (SSSR count). The van der Waals surface area contributed by atoms with Crippen LogP contribution in [0.2, 0.25) is 0 Å². The molecule has 0 unspecified atom stereocenters. The first kappa shape index (κ1) is 12.3. The van der Waals surface area contributed by atoms with Crippen molar-refractivity contribution in [1.82, 2.24) is 0 Å². The average molecular weight is 206 g/mol. The SMILES string of the molecule is CCN=C=NC(C)(C)CS(=O)(=O)O. The van der Waals surface area contributed by atoms with E-state index in [2.05, 4.69) is 16.0 Å². The molecule has 0 aliphatic carbocycles. The van der Waals surface area contributed by atoms with Crippen LogP contribution in [0.5, 0.6) is 0 Å². The van der Waals surface area contributed by atoms with E-state index in [4.69, 9.17) is 4.55 Å². The number of hydrogen-bond donors (Lipinski definition) is 1. The monoisotopic (exact) mass is 206 g/mol. The zero-order chi connectivity index (χ0) is 10.5. The number of rotatable bonds is 4. The zero-order valence-corrected chi connectivity index (χ0v) is 8.80. The summed E-state index contributed by atoms with van der Waals surface area (Å²) >= 11 is 0. The molecule has 0 saturated carbocycles. The van der Waals surface area contributed by atoms with Crippen molar-refractivity contribution in [2.24, 2.45) is 9.98 Å². The predicted molar refractivity (Wildman–Crippen MR) is 50.9 cm³/mol. The molecule has 0 bridgehead atoms. The van der Waals surface area contributed by atoms with E-state index in [9.17, 15) is 8.42 Å². The van der Waals surface area contributed by atoms with E-state index in [1.54, 1.807) is 13.8 Å². The summed E-state index contributed by atoms with van der Waals surface area (Å²) in [4.78, 5) is 7.47. The molecule has 0 saturated heterocycles. The fourth-order valence-electron chi connectivity index (χ4n) is 0.720. The molecule has 0 heterocycles. The van der Waals surface area contributed by atoms with Gasteiger partial charge in [-0.1, -0.05) is 0 Å². The van der Waals surface area contributed by atoms with Gasteiger partial charge in [-0.3, -0.25) is 4.55 Å². The highest BCUT2D eigenvalue weighted by molar-refractivity contribution is 7.85. The van der Waals surface area contributed by atoms with Crippen molar-refractivity contribution in [2.75, 3.05) is 12.3 Å². The molecule has 0 aromatic carbocycles. The van der Waals surface area contributed by atoms with Gasteiger partial charge in [-0.25, -0.2) is 9.98 Å². The Bertz CT molecular complexity index is 313. The third-order valence-corrected chi connectivity index (χ3v) is 2.19. The van der Waals surface area contributed by atoms with Crippen molar-refractivity contribution in [3.05, 3.63) is 0 Å². The summed E-state index contributed by atoms with van der Waals surface area (Å²) in [5.74, 6) is -0.424. The molecule has 0 radical (unpaired) electrons. The van der Waals surface area contributed by atoms with Crippen LogP contribution < -0.4 is 0 Å². The van der Waals surface area contributed by atoms with Gasteiger partial charge in [-0.2, -0.15) is 8.42 Å². The first-order valence-corrected chi connectivity index (χ1v) is 5.46.